The maximum Gasteiger partial charge on any atom is 0.225 e. The smallest absolute Gasteiger partial charge is 0.225 e. The van der Waals surface area contributed by atoms with Crippen LogP contribution in [-0.4, -0.2) is 16.6 Å². The minimum Gasteiger partial charge on any atom is -0.326 e. The lowest BCUT2D eigenvalue weighted by Gasteiger charge is -2.11. The number of para-hydroxylation sites is 2. The Morgan fingerprint density at radius 2 is 1.72 bits per heavy atom. The number of pyridine rings is 1. The SMILES string of the molecule is Cc1cccc(C)c1NC(=O)CCSc1cc(C)c2ccccc2n1. The van der Waals surface area contributed by atoms with Gasteiger partial charge in [0, 0.05) is 23.2 Å². The molecule has 1 amide bonds. The van der Waals surface area contributed by atoms with Gasteiger partial charge in [0.15, 0.2) is 0 Å². The highest BCUT2D eigenvalue weighted by Gasteiger charge is 2.08. The Kier molecular flexibility index (Phi) is 5.39. The van der Waals surface area contributed by atoms with Crippen molar-refractivity contribution >= 4 is 34.3 Å². The highest BCUT2D eigenvalue weighted by Crippen LogP contribution is 2.24. The predicted molar refractivity (Wildman–Crippen MR) is 106 cm³/mol. The van der Waals surface area contributed by atoms with Crippen LogP contribution in [-0.2, 0) is 4.79 Å². The number of rotatable bonds is 5. The lowest BCUT2D eigenvalue weighted by Crippen LogP contribution is -2.14. The summed E-state index contributed by atoms with van der Waals surface area (Å²) in [7, 11) is 0. The molecule has 0 unspecified atom stereocenters. The molecule has 0 saturated heterocycles. The van der Waals surface area contributed by atoms with E-state index in [1.54, 1.807) is 11.8 Å². The number of thioether (sulfide) groups is 1. The number of amides is 1. The van der Waals surface area contributed by atoms with Crippen LogP contribution in [0, 0.1) is 20.8 Å². The van der Waals surface area contributed by atoms with Crippen molar-refractivity contribution in [2.75, 3.05) is 11.1 Å². The van der Waals surface area contributed by atoms with Crippen molar-refractivity contribution in [2.24, 2.45) is 0 Å². The standard InChI is InChI=1S/C21H22N2OS/c1-14-7-6-8-15(2)21(14)23-19(24)11-12-25-20-13-16(3)17-9-4-5-10-18(17)22-20/h4-10,13H,11-12H2,1-3H3,(H,23,24). The van der Waals surface area contributed by atoms with Gasteiger partial charge in [0.1, 0.15) is 0 Å². The molecule has 1 N–H and O–H groups in total. The van der Waals surface area contributed by atoms with E-state index in [0.717, 1.165) is 27.4 Å². The lowest BCUT2D eigenvalue weighted by molar-refractivity contribution is -0.115. The van der Waals surface area contributed by atoms with Crippen molar-refractivity contribution in [3.05, 3.63) is 65.2 Å². The quantitative estimate of drug-likeness (QED) is 0.637. The van der Waals surface area contributed by atoms with Crippen molar-refractivity contribution in [3.63, 3.8) is 0 Å². The van der Waals surface area contributed by atoms with Crippen LogP contribution < -0.4 is 5.32 Å². The minimum absolute atomic E-state index is 0.0439. The molecule has 0 fully saturated rings. The number of aryl methyl sites for hydroxylation is 3. The van der Waals surface area contributed by atoms with Gasteiger partial charge in [-0.15, -0.1) is 11.8 Å². The molecule has 0 aliphatic carbocycles. The van der Waals surface area contributed by atoms with Crippen LogP contribution in [0.3, 0.4) is 0 Å². The Balaban J connectivity index is 1.60. The molecule has 0 aliphatic heterocycles. The molecule has 1 heterocycles. The van der Waals surface area contributed by atoms with E-state index in [-0.39, 0.29) is 5.91 Å². The molecule has 2 aromatic carbocycles. The zero-order valence-corrected chi connectivity index (χ0v) is 15.6. The number of nitrogens with zero attached hydrogens (tertiary/aromatic N) is 1. The maximum atomic E-state index is 12.2. The summed E-state index contributed by atoms with van der Waals surface area (Å²) >= 11 is 1.62. The number of hydrogen-bond acceptors (Lipinski definition) is 3. The summed E-state index contributed by atoms with van der Waals surface area (Å²) in [6, 6.07) is 16.3. The van der Waals surface area contributed by atoms with Crippen LogP contribution in [0.2, 0.25) is 0 Å². The molecule has 3 aromatic rings. The molecular weight excluding hydrogens is 328 g/mol. The first-order valence-electron chi connectivity index (χ1n) is 8.40. The van der Waals surface area contributed by atoms with Gasteiger partial charge in [-0.1, -0.05) is 36.4 Å². The van der Waals surface area contributed by atoms with Crippen molar-refractivity contribution in [1.82, 2.24) is 4.98 Å². The number of aromatic nitrogens is 1. The molecule has 0 atom stereocenters. The fourth-order valence-corrected chi connectivity index (χ4v) is 3.77. The molecule has 3 rings (SSSR count). The van der Waals surface area contributed by atoms with Crippen molar-refractivity contribution in [1.29, 1.82) is 0 Å². The Bertz CT molecular complexity index is 901. The number of nitrogens with one attached hydrogen (secondary N) is 1. The van der Waals surface area contributed by atoms with Crippen LogP contribution >= 0.6 is 11.8 Å². The normalized spacial score (nSPS) is 10.8. The van der Waals surface area contributed by atoms with Crippen LogP contribution in [0.1, 0.15) is 23.1 Å². The molecule has 4 heteroatoms. The fraction of sp³-hybridized carbons (Fsp3) is 0.238. The van der Waals surface area contributed by atoms with E-state index in [0.29, 0.717) is 12.2 Å². The highest BCUT2D eigenvalue weighted by atomic mass is 32.2. The summed E-state index contributed by atoms with van der Waals surface area (Å²) in [5.74, 6) is 0.754. The molecule has 25 heavy (non-hydrogen) atoms. The molecule has 3 nitrogen and oxygen atoms in total. The van der Waals surface area contributed by atoms with Gasteiger partial charge in [-0.25, -0.2) is 4.98 Å². The second-order valence-corrected chi connectivity index (χ2v) is 7.32. The van der Waals surface area contributed by atoms with Gasteiger partial charge in [0.25, 0.3) is 0 Å². The number of hydrogen-bond donors (Lipinski definition) is 1. The van der Waals surface area contributed by atoms with Gasteiger partial charge < -0.3 is 5.32 Å². The predicted octanol–water partition coefficient (Wildman–Crippen LogP) is 5.28. The second-order valence-electron chi connectivity index (χ2n) is 6.21. The van der Waals surface area contributed by atoms with Crippen LogP contribution in [0.4, 0.5) is 5.69 Å². The third kappa shape index (κ3) is 4.20. The zero-order valence-electron chi connectivity index (χ0n) is 14.8. The van der Waals surface area contributed by atoms with E-state index in [9.17, 15) is 4.79 Å². The Morgan fingerprint density at radius 3 is 2.48 bits per heavy atom. The van der Waals surface area contributed by atoms with E-state index in [1.165, 1.54) is 10.9 Å². The number of carbonyl (C=O) groups excluding carboxylic acids is 1. The fourth-order valence-electron chi connectivity index (χ4n) is 2.85. The highest BCUT2D eigenvalue weighted by molar-refractivity contribution is 7.99. The monoisotopic (exact) mass is 350 g/mol. The van der Waals surface area contributed by atoms with E-state index in [2.05, 4.69) is 29.4 Å². The molecule has 0 bridgehead atoms. The summed E-state index contributed by atoms with van der Waals surface area (Å²) < 4.78 is 0. The van der Waals surface area contributed by atoms with Gasteiger partial charge in [-0.3, -0.25) is 4.79 Å². The van der Waals surface area contributed by atoms with Crippen LogP contribution in [0.25, 0.3) is 10.9 Å². The van der Waals surface area contributed by atoms with Gasteiger partial charge >= 0.3 is 0 Å². The summed E-state index contributed by atoms with van der Waals surface area (Å²) in [6.07, 6.45) is 0.464. The van der Waals surface area contributed by atoms with Gasteiger partial charge in [0.2, 0.25) is 5.91 Å². The molecule has 128 valence electrons. The van der Waals surface area contributed by atoms with E-state index in [4.69, 9.17) is 0 Å². The van der Waals surface area contributed by atoms with Gasteiger partial charge in [0.05, 0.1) is 10.5 Å². The van der Waals surface area contributed by atoms with Crippen LogP contribution in [0.15, 0.2) is 53.6 Å². The minimum atomic E-state index is 0.0439. The third-order valence-electron chi connectivity index (χ3n) is 4.22. The maximum absolute atomic E-state index is 12.2. The summed E-state index contributed by atoms with van der Waals surface area (Å²) in [6.45, 7) is 6.13. The number of fused-ring (bicyclic) bond motifs is 1. The topological polar surface area (TPSA) is 42.0 Å². The van der Waals surface area contributed by atoms with Crippen LogP contribution in [0.5, 0.6) is 0 Å². The Morgan fingerprint density at radius 1 is 1.00 bits per heavy atom. The number of benzene rings is 2. The van der Waals surface area contributed by atoms with E-state index < -0.39 is 0 Å². The largest absolute Gasteiger partial charge is 0.326 e. The zero-order chi connectivity index (χ0) is 17.8. The van der Waals surface area contributed by atoms with Crippen molar-refractivity contribution in [3.8, 4) is 0 Å². The molecule has 1 aromatic heterocycles. The summed E-state index contributed by atoms with van der Waals surface area (Å²) in [4.78, 5) is 16.9. The van der Waals surface area contributed by atoms with Gasteiger partial charge in [-0.05, 0) is 49.6 Å². The van der Waals surface area contributed by atoms with Crippen molar-refractivity contribution in [2.45, 2.75) is 32.2 Å². The molecular formula is C21H22N2OS. The molecule has 0 spiro atoms. The second kappa shape index (κ2) is 7.70. The molecule has 0 aliphatic rings. The third-order valence-corrected chi connectivity index (χ3v) is 5.14. The average Bonchev–Trinajstić information content (AvgIpc) is 2.58. The Hall–Kier alpha value is -2.33. The van der Waals surface area contributed by atoms with E-state index in [1.807, 2.05) is 50.2 Å². The van der Waals surface area contributed by atoms with Crippen molar-refractivity contribution < 1.29 is 4.79 Å². The molecule has 0 radical (unpaired) electrons. The Labute approximate surface area is 152 Å². The number of carbonyl (C=O) groups is 1. The number of anilines is 1. The first-order valence-corrected chi connectivity index (χ1v) is 9.38. The van der Waals surface area contributed by atoms with E-state index >= 15 is 0 Å². The first kappa shape index (κ1) is 17.5. The summed E-state index contributed by atoms with van der Waals surface area (Å²) in [5, 5.41) is 5.18. The summed E-state index contributed by atoms with van der Waals surface area (Å²) in [5.41, 5.74) is 5.33. The average molecular weight is 350 g/mol. The lowest BCUT2D eigenvalue weighted by atomic mass is 10.1. The first-order chi connectivity index (χ1) is 12.0. The van der Waals surface area contributed by atoms with Gasteiger partial charge in [-0.2, -0.15) is 0 Å². The molecule has 0 saturated carbocycles.